The Morgan fingerprint density at radius 2 is 2.08 bits per heavy atom. The zero-order valence-corrected chi connectivity index (χ0v) is 8.43. The Bertz CT molecular complexity index is 139. The largest absolute Gasteiger partial charge is 0.381 e. The Balaban J connectivity index is 1.46. The molecule has 1 aliphatic carbocycles. The quantitative estimate of drug-likeness (QED) is 0.656. The molecule has 0 aromatic heterocycles. The average molecular weight is 183 g/mol. The van der Waals surface area contributed by atoms with E-state index in [0.717, 1.165) is 25.0 Å². The van der Waals surface area contributed by atoms with Gasteiger partial charge in [0.25, 0.3) is 0 Å². The van der Waals surface area contributed by atoms with Crippen molar-refractivity contribution >= 4 is 0 Å². The van der Waals surface area contributed by atoms with E-state index in [-0.39, 0.29) is 0 Å². The maximum absolute atomic E-state index is 5.43. The summed E-state index contributed by atoms with van der Waals surface area (Å²) in [5.41, 5.74) is 0. The van der Waals surface area contributed by atoms with E-state index in [1.165, 1.54) is 45.2 Å². The van der Waals surface area contributed by atoms with Gasteiger partial charge in [0.1, 0.15) is 0 Å². The normalized spacial score (nSPS) is 29.1. The molecule has 13 heavy (non-hydrogen) atoms. The SMILES string of the molecule is C1COCC(CNCCC2CC2)C1. The molecule has 1 atom stereocenters. The van der Waals surface area contributed by atoms with Crippen molar-refractivity contribution in [1.29, 1.82) is 0 Å². The molecule has 2 nitrogen and oxygen atoms in total. The van der Waals surface area contributed by atoms with Crippen LogP contribution in [0.15, 0.2) is 0 Å². The number of hydrogen-bond donors (Lipinski definition) is 1. The van der Waals surface area contributed by atoms with Crippen molar-refractivity contribution in [2.75, 3.05) is 26.3 Å². The summed E-state index contributed by atoms with van der Waals surface area (Å²) in [5, 5.41) is 3.55. The summed E-state index contributed by atoms with van der Waals surface area (Å²) >= 11 is 0. The topological polar surface area (TPSA) is 21.3 Å². The van der Waals surface area contributed by atoms with Gasteiger partial charge in [-0.15, -0.1) is 0 Å². The highest BCUT2D eigenvalue weighted by Crippen LogP contribution is 2.31. The maximum Gasteiger partial charge on any atom is 0.0506 e. The predicted octanol–water partition coefficient (Wildman–Crippen LogP) is 1.80. The number of hydrogen-bond acceptors (Lipinski definition) is 2. The Morgan fingerprint density at radius 3 is 2.77 bits per heavy atom. The van der Waals surface area contributed by atoms with Crippen molar-refractivity contribution in [2.24, 2.45) is 11.8 Å². The Kier molecular flexibility index (Phi) is 3.62. The van der Waals surface area contributed by atoms with Gasteiger partial charge in [-0.1, -0.05) is 12.8 Å². The maximum atomic E-state index is 5.43. The lowest BCUT2D eigenvalue weighted by Crippen LogP contribution is -2.29. The summed E-state index contributed by atoms with van der Waals surface area (Å²) in [7, 11) is 0. The van der Waals surface area contributed by atoms with E-state index in [2.05, 4.69) is 5.32 Å². The van der Waals surface area contributed by atoms with E-state index in [1.54, 1.807) is 0 Å². The fourth-order valence-corrected chi connectivity index (χ4v) is 1.99. The second-order valence-electron chi connectivity index (χ2n) is 4.52. The van der Waals surface area contributed by atoms with E-state index in [4.69, 9.17) is 4.74 Å². The van der Waals surface area contributed by atoms with Crippen LogP contribution in [-0.4, -0.2) is 26.3 Å². The zero-order chi connectivity index (χ0) is 8.93. The van der Waals surface area contributed by atoms with Gasteiger partial charge in [-0.25, -0.2) is 0 Å². The first-order valence-electron chi connectivity index (χ1n) is 5.73. The fraction of sp³-hybridized carbons (Fsp3) is 1.00. The van der Waals surface area contributed by atoms with Crippen molar-refractivity contribution in [3.63, 3.8) is 0 Å². The van der Waals surface area contributed by atoms with Gasteiger partial charge < -0.3 is 10.1 Å². The Morgan fingerprint density at radius 1 is 1.15 bits per heavy atom. The summed E-state index contributed by atoms with van der Waals surface area (Å²) in [6.45, 7) is 4.36. The van der Waals surface area contributed by atoms with E-state index >= 15 is 0 Å². The van der Waals surface area contributed by atoms with Crippen LogP contribution >= 0.6 is 0 Å². The monoisotopic (exact) mass is 183 g/mol. The molecule has 1 saturated carbocycles. The van der Waals surface area contributed by atoms with Crippen LogP contribution in [-0.2, 0) is 4.74 Å². The van der Waals surface area contributed by atoms with Gasteiger partial charge in [-0.2, -0.15) is 0 Å². The van der Waals surface area contributed by atoms with E-state index < -0.39 is 0 Å². The average Bonchev–Trinajstić information content (AvgIpc) is 2.98. The zero-order valence-electron chi connectivity index (χ0n) is 8.43. The molecule has 0 spiro atoms. The summed E-state index contributed by atoms with van der Waals surface area (Å²) in [5.74, 6) is 1.85. The van der Waals surface area contributed by atoms with Crippen molar-refractivity contribution < 1.29 is 4.74 Å². The fourth-order valence-electron chi connectivity index (χ4n) is 1.99. The van der Waals surface area contributed by atoms with Crippen LogP contribution < -0.4 is 5.32 Å². The molecule has 1 saturated heterocycles. The van der Waals surface area contributed by atoms with Gasteiger partial charge >= 0.3 is 0 Å². The third-order valence-corrected chi connectivity index (χ3v) is 3.11. The highest BCUT2D eigenvalue weighted by Gasteiger charge is 2.20. The Labute approximate surface area is 81.0 Å². The van der Waals surface area contributed by atoms with E-state index in [0.29, 0.717) is 0 Å². The van der Waals surface area contributed by atoms with Crippen molar-refractivity contribution in [1.82, 2.24) is 5.32 Å². The standard InChI is InChI=1S/C11H21NO/c1-2-11(9-13-7-1)8-12-6-5-10-3-4-10/h10-12H,1-9H2. The molecule has 2 rings (SSSR count). The lowest BCUT2D eigenvalue weighted by atomic mass is 10.0. The molecule has 0 amide bonds. The molecule has 0 radical (unpaired) electrons. The minimum Gasteiger partial charge on any atom is -0.381 e. The van der Waals surface area contributed by atoms with Crippen LogP contribution in [0.5, 0.6) is 0 Å². The molecule has 1 N–H and O–H groups in total. The molecule has 0 aromatic carbocycles. The summed E-state index contributed by atoms with van der Waals surface area (Å²) in [6.07, 6.45) is 6.97. The molecule has 0 bridgehead atoms. The first kappa shape index (κ1) is 9.47. The van der Waals surface area contributed by atoms with Crippen LogP contribution in [0.2, 0.25) is 0 Å². The molecular formula is C11H21NO. The molecule has 0 aromatic rings. The van der Waals surface area contributed by atoms with Gasteiger partial charge in [0.05, 0.1) is 6.61 Å². The lowest BCUT2D eigenvalue weighted by molar-refractivity contribution is 0.0549. The van der Waals surface area contributed by atoms with Gasteiger partial charge in [0, 0.05) is 13.2 Å². The van der Waals surface area contributed by atoms with Crippen LogP contribution in [0.25, 0.3) is 0 Å². The van der Waals surface area contributed by atoms with Crippen LogP contribution in [0.1, 0.15) is 32.1 Å². The second kappa shape index (κ2) is 4.97. The third-order valence-electron chi connectivity index (χ3n) is 3.11. The molecule has 2 heteroatoms. The third kappa shape index (κ3) is 3.65. The highest BCUT2D eigenvalue weighted by molar-refractivity contribution is 4.74. The number of rotatable bonds is 5. The van der Waals surface area contributed by atoms with E-state index in [9.17, 15) is 0 Å². The highest BCUT2D eigenvalue weighted by atomic mass is 16.5. The van der Waals surface area contributed by atoms with Gasteiger partial charge in [0.15, 0.2) is 0 Å². The molecule has 1 heterocycles. The first-order chi connectivity index (χ1) is 6.45. The number of nitrogens with one attached hydrogen (secondary N) is 1. The van der Waals surface area contributed by atoms with Crippen molar-refractivity contribution in [3.8, 4) is 0 Å². The first-order valence-corrected chi connectivity index (χ1v) is 5.73. The molecule has 2 aliphatic rings. The second-order valence-corrected chi connectivity index (χ2v) is 4.52. The van der Waals surface area contributed by atoms with Crippen LogP contribution in [0, 0.1) is 11.8 Å². The summed E-state index contributed by atoms with van der Waals surface area (Å²) < 4.78 is 5.43. The van der Waals surface area contributed by atoms with Gasteiger partial charge in [0.2, 0.25) is 0 Å². The van der Waals surface area contributed by atoms with Crippen molar-refractivity contribution in [2.45, 2.75) is 32.1 Å². The smallest absolute Gasteiger partial charge is 0.0506 e. The number of ether oxygens (including phenoxy) is 1. The minimum atomic E-state index is 0.785. The van der Waals surface area contributed by atoms with Gasteiger partial charge in [-0.3, -0.25) is 0 Å². The summed E-state index contributed by atoms with van der Waals surface area (Å²) in [4.78, 5) is 0. The van der Waals surface area contributed by atoms with Crippen LogP contribution in [0.3, 0.4) is 0 Å². The molecular weight excluding hydrogens is 162 g/mol. The predicted molar refractivity (Wildman–Crippen MR) is 53.8 cm³/mol. The molecule has 1 unspecified atom stereocenters. The minimum absolute atomic E-state index is 0.785. The van der Waals surface area contributed by atoms with Crippen molar-refractivity contribution in [3.05, 3.63) is 0 Å². The summed E-state index contributed by atoms with van der Waals surface area (Å²) in [6, 6.07) is 0. The molecule has 1 aliphatic heterocycles. The van der Waals surface area contributed by atoms with Crippen LogP contribution in [0.4, 0.5) is 0 Å². The van der Waals surface area contributed by atoms with Gasteiger partial charge in [-0.05, 0) is 37.6 Å². The lowest BCUT2D eigenvalue weighted by Gasteiger charge is -2.22. The molecule has 2 fully saturated rings. The Hall–Kier alpha value is -0.0800. The van der Waals surface area contributed by atoms with E-state index in [1.807, 2.05) is 0 Å². The molecule has 76 valence electrons.